The summed E-state index contributed by atoms with van der Waals surface area (Å²) in [4.78, 5) is 99.3. The zero-order valence-corrected chi connectivity index (χ0v) is 49.8. The van der Waals surface area contributed by atoms with Crippen LogP contribution in [0.25, 0.3) is 0 Å². The second-order valence-electron chi connectivity index (χ2n) is 21.7. The highest BCUT2D eigenvalue weighted by Gasteiger charge is 2.44. The second-order valence-corrected chi connectivity index (χ2v) is 21.7. The van der Waals surface area contributed by atoms with Crippen molar-refractivity contribution in [2.45, 2.75) is 168 Å². The van der Waals surface area contributed by atoms with Crippen molar-refractivity contribution in [3.05, 3.63) is 48.0 Å². The minimum atomic E-state index is -1.16. The van der Waals surface area contributed by atoms with E-state index in [1.165, 1.54) is 19.1 Å². The van der Waals surface area contributed by atoms with Crippen LogP contribution in [0.1, 0.15) is 118 Å². The van der Waals surface area contributed by atoms with Crippen molar-refractivity contribution in [1.82, 2.24) is 30.7 Å². The van der Waals surface area contributed by atoms with E-state index in [2.05, 4.69) is 28.1 Å². The Kier molecular flexibility index (Phi) is 32.6. The van der Waals surface area contributed by atoms with Gasteiger partial charge in [-0.1, -0.05) is 97.4 Å². The fourth-order valence-electron chi connectivity index (χ4n) is 10.5. The fraction of sp³-hybridized carbons (Fsp3) is 0.746. The van der Waals surface area contributed by atoms with Crippen molar-refractivity contribution in [3.63, 3.8) is 0 Å². The summed E-state index contributed by atoms with van der Waals surface area (Å²) in [7, 11) is 6.21. The largest absolute Gasteiger partial charge is 0.480 e. The van der Waals surface area contributed by atoms with Crippen molar-refractivity contribution < 1.29 is 71.8 Å². The van der Waals surface area contributed by atoms with E-state index >= 15 is 0 Å². The molecule has 21 heteroatoms. The minimum absolute atomic E-state index is 0.0230. The molecule has 21 nitrogen and oxygen atoms in total. The molecule has 1 fully saturated rings. The standard InChI is InChI=1S/C59H98N6O15/c1-12-42(6)53(48(74-10)39-50(67)65-29-21-26-47(65)54(75-11)43(7)55(68)61-46(58(71)72)38-44-22-17-16-18-23-44)64(9)57(70)51(40(2)3)62-56(69)52(41(4)5)63(8)49(66)27-30-76-32-34-78-36-37-79-35-33-77-31-28-60-59(73)80-45-24-19-14-13-15-20-25-45/h13-14,16-18,22-23,40-43,45-48,51-54H,12,15,19-21,24-39H2,1-11H3,(H,60,73)(H,61,68)(H,62,69)(H,71,72)/b14-13+/t42-,43+,45-,46-,47-,48+,51-,52-,53-,54+/m0/s1. The lowest BCUT2D eigenvalue weighted by Crippen LogP contribution is -2.60. The van der Waals surface area contributed by atoms with Gasteiger partial charge in [-0.15, -0.1) is 0 Å². The van der Waals surface area contributed by atoms with Gasteiger partial charge in [-0.2, -0.15) is 0 Å². The van der Waals surface area contributed by atoms with E-state index in [1.54, 1.807) is 55.1 Å². The molecule has 6 amide bonds. The Morgan fingerprint density at radius 2 is 1.35 bits per heavy atom. The van der Waals surface area contributed by atoms with Gasteiger partial charge in [0.25, 0.3) is 0 Å². The molecule has 0 aromatic heterocycles. The van der Waals surface area contributed by atoms with E-state index in [4.69, 9.17) is 33.2 Å². The summed E-state index contributed by atoms with van der Waals surface area (Å²) in [5.41, 5.74) is 0.762. The van der Waals surface area contributed by atoms with Gasteiger partial charge in [0, 0.05) is 47.8 Å². The van der Waals surface area contributed by atoms with Crippen molar-refractivity contribution >= 4 is 41.6 Å². The fourth-order valence-corrected chi connectivity index (χ4v) is 10.5. The molecule has 80 heavy (non-hydrogen) atoms. The monoisotopic (exact) mass is 1130 g/mol. The van der Waals surface area contributed by atoms with Gasteiger partial charge < -0.3 is 68.9 Å². The van der Waals surface area contributed by atoms with Gasteiger partial charge in [-0.25, -0.2) is 9.59 Å². The number of nitrogens with one attached hydrogen (secondary N) is 3. The van der Waals surface area contributed by atoms with E-state index < -0.39 is 72.2 Å². The van der Waals surface area contributed by atoms with Gasteiger partial charge >= 0.3 is 12.1 Å². The average molecular weight is 1130 g/mol. The molecule has 1 heterocycles. The first-order valence-corrected chi connectivity index (χ1v) is 28.9. The first-order chi connectivity index (χ1) is 38.3. The molecule has 4 N–H and O–H groups in total. The van der Waals surface area contributed by atoms with Gasteiger partial charge in [0.2, 0.25) is 29.5 Å². The minimum Gasteiger partial charge on any atom is -0.480 e. The number of alkyl carbamates (subject to hydrolysis) is 1. The second kappa shape index (κ2) is 37.7. The van der Waals surface area contributed by atoms with Crippen molar-refractivity contribution in [2.24, 2.45) is 23.7 Å². The average Bonchev–Trinajstić information content (AvgIpc) is 3.91. The lowest BCUT2D eigenvalue weighted by atomic mass is 9.89. The van der Waals surface area contributed by atoms with Gasteiger partial charge in [-0.05, 0) is 68.3 Å². The molecule has 0 spiro atoms. The molecule has 3 rings (SSSR count). The van der Waals surface area contributed by atoms with Crippen LogP contribution >= 0.6 is 0 Å². The zero-order chi connectivity index (χ0) is 59.1. The number of nitrogens with zero attached hydrogens (tertiary/aromatic N) is 3. The Labute approximate surface area is 476 Å². The molecule has 2 aliphatic rings. The summed E-state index contributed by atoms with van der Waals surface area (Å²) in [5, 5.41) is 18.4. The van der Waals surface area contributed by atoms with Gasteiger partial charge in [-0.3, -0.25) is 24.0 Å². The molecule has 1 aromatic carbocycles. The van der Waals surface area contributed by atoms with Crippen LogP contribution < -0.4 is 16.0 Å². The highest BCUT2D eigenvalue weighted by atomic mass is 16.6. The number of aliphatic carboxylic acids is 1. The molecular weight excluding hydrogens is 1030 g/mol. The van der Waals surface area contributed by atoms with Gasteiger partial charge in [0.05, 0.1) is 95.9 Å². The number of hydrogen-bond donors (Lipinski definition) is 4. The summed E-state index contributed by atoms with van der Waals surface area (Å²) in [6.07, 6.45) is 8.91. The molecule has 1 aromatic rings. The molecule has 0 saturated carbocycles. The quantitative estimate of drug-likeness (QED) is 0.0480. The van der Waals surface area contributed by atoms with Crippen molar-refractivity contribution in [2.75, 3.05) is 94.3 Å². The van der Waals surface area contributed by atoms with Crippen LogP contribution in [-0.4, -0.2) is 204 Å². The number of hydrogen-bond acceptors (Lipinski definition) is 14. The van der Waals surface area contributed by atoms with Gasteiger partial charge in [0.15, 0.2) is 0 Å². The Morgan fingerprint density at radius 1 is 0.725 bits per heavy atom. The number of carboxylic acids is 1. The maximum absolute atomic E-state index is 14.6. The highest BCUT2D eigenvalue weighted by molar-refractivity contribution is 5.92. The lowest BCUT2D eigenvalue weighted by Gasteiger charge is -2.41. The number of carbonyl (C=O) groups is 7. The van der Waals surface area contributed by atoms with Crippen LogP contribution in [0.2, 0.25) is 0 Å². The van der Waals surface area contributed by atoms with E-state index in [1.807, 2.05) is 47.6 Å². The summed E-state index contributed by atoms with van der Waals surface area (Å²) in [5.74, 6) is -4.65. The SMILES string of the molecule is CC[C@H](C)[C@@H]([C@@H](CC(=O)N1CCC[C@H]1[C@H](OC)[C@@H](C)C(=O)N[C@@H](Cc1ccccc1)C(=O)O)OC)N(C)C(=O)[C@@H](NC(=O)[C@H](C(C)C)N(C)C(=O)CCOCCOCCOCCOCCNC(=O)O[C@H]1CC/C=C/CCC1)C(C)C. The Morgan fingerprint density at radius 3 is 1.94 bits per heavy atom. The topological polar surface area (TPSA) is 250 Å². The first-order valence-electron chi connectivity index (χ1n) is 28.9. The zero-order valence-electron chi connectivity index (χ0n) is 49.8. The molecule has 0 radical (unpaired) electrons. The van der Waals surface area contributed by atoms with Crippen LogP contribution in [-0.2, 0) is 68.3 Å². The number of benzene rings is 1. The number of carbonyl (C=O) groups excluding carboxylic acids is 6. The summed E-state index contributed by atoms with van der Waals surface area (Å²) in [6.45, 7) is 16.2. The number of methoxy groups -OCH3 is 2. The lowest BCUT2D eigenvalue weighted by molar-refractivity contribution is -0.149. The van der Waals surface area contributed by atoms with E-state index in [9.17, 15) is 38.7 Å². The summed E-state index contributed by atoms with van der Waals surface area (Å²) >= 11 is 0. The normalized spacial score (nSPS) is 19.0. The van der Waals surface area contributed by atoms with E-state index in [0.29, 0.717) is 72.0 Å². The molecule has 1 aliphatic carbocycles. The number of amides is 6. The molecule has 1 saturated heterocycles. The Balaban J connectivity index is 1.47. The van der Waals surface area contributed by atoms with Gasteiger partial charge in [0.1, 0.15) is 24.2 Å². The van der Waals surface area contributed by atoms with Crippen LogP contribution in [0, 0.1) is 23.7 Å². The predicted octanol–water partition coefficient (Wildman–Crippen LogP) is 5.41. The number of carboxylic acid groups (broad SMARTS) is 1. The smallest absolute Gasteiger partial charge is 0.407 e. The Bertz CT molecular complexity index is 2050. The number of likely N-dealkylation sites (tertiary alicyclic amines) is 1. The maximum Gasteiger partial charge on any atom is 0.407 e. The molecule has 0 bridgehead atoms. The number of ether oxygens (including phenoxy) is 7. The van der Waals surface area contributed by atoms with Crippen LogP contribution in [0.15, 0.2) is 42.5 Å². The molecular formula is C59H98N6O15. The summed E-state index contributed by atoms with van der Waals surface area (Å²) in [6, 6.07) is 4.94. The summed E-state index contributed by atoms with van der Waals surface area (Å²) < 4.78 is 39.8. The van der Waals surface area contributed by atoms with Crippen molar-refractivity contribution in [3.8, 4) is 0 Å². The predicted molar refractivity (Wildman–Crippen MR) is 302 cm³/mol. The number of allylic oxidation sites excluding steroid dienone is 2. The Hall–Kier alpha value is -5.19. The van der Waals surface area contributed by atoms with Crippen LogP contribution in [0.5, 0.6) is 0 Å². The third-order valence-electron chi connectivity index (χ3n) is 15.2. The van der Waals surface area contributed by atoms with E-state index in [0.717, 1.165) is 37.7 Å². The number of rotatable bonds is 37. The van der Waals surface area contributed by atoms with E-state index in [-0.39, 0.29) is 74.1 Å². The molecule has 0 unspecified atom stereocenters. The molecule has 454 valence electrons. The molecule has 1 aliphatic heterocycles. The number of likely N-dealkylation sites (N-methyl/N-ethyl adjacent to an activating group) is 2. The highest BCUT2D eigenvalue weighted by Crippen LogP contribution is 2.30. The molecule has 10 atom stereocenters. The maximum atomic E-state index is 14.6. The third-order valence-corrected chi connectivity index (χ3v) is 15.2. The first kappa shape index (κ1) is 69.1. The van der Waals surface area contributed by atoms with Crippen LogP contribution in [0.3, 0.4) is 0 Å². The third kappa shape index (κ3) is 23.3. The van der Waals surface area contributed by atoms with Crippen molar-refractivity contribution in [1.29, 1.82) is 0 Å². The van der Waals surface area contributed by atoms with Crippen LogP contribution in [0.4, 0.5) is 4.79 Å².